The first-order valence-electron chi connectivity index (χ1n) is 10.1. The zero-order valence-corrected chi connectivity index (χ0v) is 19.1. The molecular weight excluding hydrogens is 419 g/mol. The first-order chi connectivity index (χ1) is 15.2. The highest BCUT2D eigenvalue weighted by atomic mass is 32.1. The maximum absolute atomic E-state index is 11.5. The van der Waals surface area contributed by atoms with E-state index in [0.717, 1.165) is 11.0 Å². The fourth-order valence-corrected chi connectivity index (χ4v) is 8.97. The molecule has 0 atom stereocenters. The number of hydrogen-bond acceptors (Lipinski definition) is 3. The molecule has 0 amide bonds. The molecule has 4 aromatic rings. The van der Waals surface area contributed by atoms with Crippen LogP contribution in [0.25, 0.3) is 6.08 Å². The molecule has 0 radical (unpaired) electrons. The summed E-state index contributed by atoms with van der Waals surface area (Å²) in [5, 5.41) is 6.31. The SMILES string of the molecule is COC(=O)C=Cc1cc(C[P+](c2ccccc2)(c2ccccc2)c2ccccc2)cs1. The summed E-state index contributed by atoms with van der Waals surface area (Å²) in [6.45, 7) is 0. The van der Waals surface area contributed by atoms with Crippen LogP contribution in [-0.2, 0) is 15.7 Å². The minimum atomic E-state index is -1.91. The zero-order valence-electron chi connectivity index (χ0n) is 17.3. The van der Waals surface area contributed by atoms with Gasteiger partial charge in [-0.25, -0.2) is 4.79 Å². The van der Waals surface area contributed by atoms with Gasteiger partial charge in [-0.05, 0) is 53.9 Å². The van der Waals surface area contributed by atoms with Gasteiger partial charge in [0.1, 0.15) is 23.2 Å². The summed E-state index contributed by atoms with van der Waals surface area (Å²) in [6.07, 6.45) is 4.23. The van der Waals surface area contributed by atoms with E-state index >= 15 is 0 Å². The highest BCUT2D eigenvalue weighted by molar-refractivity contribution is 7.95. The molecule has 0 aliphatic heterocycles. The summed E-state index contributed by atoms with van der Waals surface area (Å²) < 4.78 is 4.72. The highest BCUT2D eigenvalue weighted by Crippen LogP contribution is 2.58. The Kier molecular flexibility index (Phi) is 6.76. The van der Waals surface area contributed by atoms with Crippen molar-refractivity contribution in [2.45, 2.75) is 6.16 Å². The van der Waals surface area contributed by atoms with Crippen LogP contribution >= 0.6 is 18.6 Å². The quantitative estimate of drug-likeness (QED) is 0.216. The second kappa shape index (κ2) is 9.87. The van der Waals surface area contributed by atoms with Gasteiger partial charge in [-0.15, -0.1) is 11.3 Å². The number of rotatable bonds is 7. The molecular formula is C27H24O2PS+. The second-order valence-electron chi connectivity index (χ2n) is 7.19. The van der Waals surface area contributed by atoms with E-state index in [-0.39, 0.29) is 5.97 Å². The average Bonchev–Trinajstić information content (AvgIpc) is 3.30. The molecule has 0 fully saturated rings. The standard InChI is InChI=1S/C27H24O2PS/c1-29-27(28)18-17-26-19-22(21-31-26)20-30(23-11-5-2-6-12-23,24-13-7-3-8-14-24)25-15-9-4-10-16-25/h2-19,21H,20H2,1H3/q+1. The Balaban J connectivity index is 1.84. The van der Waals surface area contributed by atoms with Crippen LogP contribution in [-0.4, -0.2) is 13.1 Å². The minimum absolute atomic E-state index is 0.338. The topological polar surface area (TPSA) is 26.3 Å². The lowest BCUT2D eigenvalue weighted by Gasteiger charge is -2.27. The molecule has 0 N–H and O–H groups in total. The normalized spacial score (nSPS) is 11.5. The van der Waals surface area contributed by atoms with E-state index in [0.29, 0.717) is 0 Å². The highest BCUT2D eigenvalue weighted by Gasteiger charge is 2.45. The lowest BCUT2D eigenvalue weighted by molar-refractivity contribution is -0.134. The third kappa shape index (κ3) is 4.69. The van der Waals surface area contributed by atoms with Crippen LogP contribution < -0.4 is 15.9 Å². The van der Waals surface area contributed by atoms with Crippen LogP contribution in [0.15, 0.2) is 109 Å². The Hall–Kier alpha value is -3.00. The largest absolute Gasteiger partial charge is 0.466 e. The third-order valence-corrected chi connectivity index (χ3v) is 10.6. The van der Waals surface area contributed by atoms with E-state index in [1.54, 1.807) is 11.3 Å². The predicted octanol–water partition coefficient (Wildman–Crippen LogP) is 5.43. The summed E-state index contributed by atoms with van der Waals surface area (Å²) in [5.41, 5.74) is 1.28. The van der Waals surface area contributed by atoms with Crippen molar-refractivity contribution in [3.63, 3.8) is 0 Å². The third-order valence-electron chi connectivity index (χ3n) is 5.27. The number of esters is 1. The van der Waals surface area contributed by atoms with Crippen LogP contribution in [0.4, 0.5) is 0 Å². The number of benzene rings is 3. The molecule has 4 heteroatoms. The molecule has 0 aliphatic carbocycles. The van der Waals surface area contributed by atoms with E-state index in [9.17, 15) is 4.79 Å². The lowest BCUT2D eigenvalue weighted by Crippen LogP contribution is -2.32. The van der Waals surface area contributed by atoms with Crippen LogP contribution in [0.1, 0.15) is 10.4 Å². The van der Waals surface area contributed by atoms with Gasteiger partial charge >= 0.3 is 5.97 Å². The van der Waals surface area contributed by atoms with Gasteiger partial charge in [0, 0.05) is 16.5 Å². The summed E-state index contributed by atoms with van der Waals surface area (Å²) in [6, 6.07) is 34.8. The van der Waals surface area contributed by atoms with Crippen LogP contribution in [0.2, 0.25) is 0 Å². The molecule has 2 nitrogen and oxygen atoms in total. The van der Waals surface area contributed by atoms with E-state index in [1.807, 2.05) is 6.08 Å². The van der Waals surface area contributed by atoms with Crippen molar-refractivity contribution in [2.75, 3.05) is 7.11 Å². The van der Waals surface area contributed by atoms with Crippen molar-refractivity contribution in [1.29, 1.82) is 0 Å². The Morgan fingerprint density at radius 3 is 1.77 bits per heavy atom. The Bertz CT molecular complexity index is 1050. The van der Waals surface area contributed by atoms with E-state index in [1.165, 1.54) is 34.7 Å². The molecule has 0 saturated carbocycles. The van der Waals surface area contributed by atoms with Crippen LogP contribution in [0, 0.1) is 0 Å². The van der Waals surface area contributed by atoms with E-state index < -0.39 is 7.26 Å². The van der Waals surface area contributed by atoms with E-state index in [4.69, 9.17) is 4.74 Å². The smallest absolute Gasteiger partial charge is 0.330 e. The van der Waals surface area contributed by atoms with Crippen molar-refractivity contribution < 1.29 is 9.53 Å². The number of ether oxygens (including phenoxy) is 1. The number of carbonyl (C=O) groups is 1. The second-order valence-corrected chi connectivity index (χ2v) is 11.6. The summed E-state index contributed by atoms with van der Waals surface area (Å²) in [4.78, 5) is 12.5. The lowest BCUT2D eigenvalue weighted by atomic mass is 10.3. The molecule has 4 rings (SSSR count). The van der Waals surface area contributed by atoms with Gasteiger partial charge in [0.25, 0.3) is 0 Å². The zero-order chi connectivity index (χ0) is 21.5. The average molecular weight is 444 g/mol. The minimum Gasteiger partial charge on any atom is -0.466 e. The first kappa shape index (κ1) is 21.2. The summed E-state index contributed by atoms with van der Waals surface area (Å²) in [5.74, 6) is -0.338. The summed E-state index contributed by atoms with van der Waals surface area (Å²) >= 11 is 1.65. The number of thiophene rings is 1. The molecule has 0 saturated heterocycles. The molecule has 0 aliphatic rings. The molecule has 0 bridgehead atoms. The number of carbonyl (C=O) groups excluding carboxylic acids is 1. The molecule has 3 aromatic carbocycles. The molecule has 1 heterocycles. The maximum Gasteiger partial charge on any atom is 0.330 e. The monoisotopic (exact) mass is 443 g/mol. The van der Waals surface area contributed by atoms with Gasteiger partial charge < -0.3 is 4.74 Å². The fourth-order valence-electron chi connectivity index (χ4n) is 3.83. The van der Waals surface area contributed by atoms with Crippen molar-refractivity contribution in [1.82, 2.24) is 0 Å². The van der Waals surface area contributed by atoms with Crippen molar-refractivity contribution in [3.05, 3.63) is 119 Å². The predicted molar refractivity (Wildman–Crippen MR) is 134 cm³/mol. The van der Waals surface area contributed by atoms with Gasteiger partial charge in [0.2, 0.25) is 0 Å². The Morgan fingerprint density at radius 2 is 1.32 bits per heavy atom. The van der Waals surface area contributed by atoms with Gasteiger partial charge in [-0.3, -0.25) is 0 Å². The van der Waals surface area contributed by atoms with Gasteiger partial charge in [-0.2, -0.15) is 0 Å². The van der Waals surface area contributed by atoms with Gasteiger partial charge in [0.05, 0.1) is 13.3 Å². The summed E-state index contributed by atoms with van der Waals surface area (Å²) in [7, 11) is -0.521. The van der Waals surface area contributed by atoms with Crippen LogP contribution in [0.3, 0.4) is 0 Å². The molecule has 154 valence electrons. The maximum atomic E-state index is 11.5. The molecule has 0 unspecified atom stereocenters. The first-order valence-corrected chi connectivity index (χ1v) is 13.0. The molecule has 31 heavy (non-hydrogen) atoms. The Labute approximate surface area is 188 Å². The Morgan fingerprint density at radius 1 is 0.839 bits per heavy atom. The van der Waals surface area contributed by atoms with Crippen molar-refractivity contribution in [2.24, 2.45) is 0 Å². The van der Waals surface area contributed by atoms with Gasteiger partial charge in [0.15, 0.2) is 0 Å². The van der Waals surface area contributed by atoms with Gasteiger partial charge in [-0.1, -0.05) is 54.6 Å². The molecule has 1 aromatic heterocycles. The fraction of sp³-hybridized carbons (Fsp3) is 0.0741. The van der Waals surface area contributed by atoms with E-state index in [2.05, 4.69) is 102 Å². The van der Waals surface area contributed by atoms with Crippen molar-refractivity contribution in [3.8, 4) is 0 Å². The number of hydrogen-bond donors (Lipinski definition) is 0. The number of methoxy groups -OCH3 is 1. The van der Waals surface area contributed by atoms with Crippen LogP contribution in [0.5, 0.6) is 0 Å². The van der Waals surface area contributed by atoms with Crippen molar-refractivity contribution >= 4 is 46.6 Å². The molecule has 0 spiro atoms.